The van der Waals surface area contributed by atoms with Crippen molar-refractivity contribution in [2.75, 3.05) is 0 Å². The van der Waals surface area contributed by atoms with Crippen LogP contribution in [-0.4, -0.2) is 9.97 Å². The second-order valence-electron chi connectivity index (χ2n) is 3.17. The van der Waals surface area contributed by atoms with Crippen LogP contribution in [-0.2, 0) is 0 Å². The van der Waals surface area contributed by atoms with Crippen LogP contribution in [0.2, 0.25) is 5.28 Å². The molecule has 0 unspecified atom stereocenters. The van der Waals surface area contributed by atoms with E-state index in [0.29, 0.717) is 5.88 Å². The normalized spacial score (nSPS) is 10.2. The second-order valence-corrected chi connectivity index (χ2v) is 4.76. The van der Waals surface area contributed by atoms with Gasteiger partial charge in [-0.3, -0.25) is 0 Å². The molecule has 0 fully saturated rings. The van der Waals surface area contributed by atoms with E-state index in [9.17, 15) is 0 Å². The standard InChI is InChI=1S/C11H8ClIN2O/c1-7-6-10(15-11(12)14-7)16-9-4-2-8(13)3-5-9/h2-6H,1H3. The van der Waals surface area contributed by atoms with Crippen molar-refractivity contribution in [3.63, 3.8) is 0 Å². The van der Waals surface area contributed by atoms with Crippen LogP contribution in [0.3, 0.4) is 0 Å². The molecule has 0 aliphatic carbocycles. The van der Waals surface area contributed by atoms with Gasteiger partial charge in [0.2, 0.25) is 11.2 Å². The Morgan fingerprint density at radius 3 is 2.50 bits per heavy atom. The SMILES string of the molecule is Cc1cc(Oc2ccc(I)cc2)nc(Cl)n1. The first kappa shape index (κ1) is 11.6. The fourth-order valence-electron chi connectivity index (χ4n) is 1.18. The van der Waals surface area contributed by atoms with Crippen molar-refractivity contribution in [1.82, 2.24) is 9.97 Å². The summed E-state index contributed by atoms with van der Waals surface area (Å²) in [5.74, 6) is 1.19. The van der Waals surface area contributed by atoms with Crippen molar-refractivity contribution in [2.24, 2.45) is 0 Å². The fraction of sp³-hybridized carbons (Fsp3) is 0.0909. The van der Waals surface area contributed by atoms with E-state index in [1.165, 1.54) is 0 Å². The predicted molar refractivity (Wildman–Crippen MR) is 71.0 cm³/mol. The largest absolute Gasteiger partial charge is 0.439 e. The highest BCUT2D eigenvalue weighted by Gasteiger charge is 2.02. The van der Waals surface area contributed by atoms with Crippen LogP contribution < -0.4 is 4.74 Å². The molecule has 0 spiro atoms. The second kappa shape index (κ2) is 4.97. The topological polar surface area (TPSA) is 35.0 Å². The molecule has 3 nitrogen and oxygen atoms in total. The van der Waals surface area contributed by atoms with Gasteiger partial charge in [0, 0.05) is 15.3 Å². The van der Waals surface area contributed by atoms with Gasteiger partial charge in [-0.2, -0.15) is 4.98 Å². The number of benzene rings is 1. The minimum Gasteiger partial charge on any atom is -0.439 e. The van der Waals surface area contributed by atoms with Crippen LogP contribution in [0.25, 0.3) is 0 Å². The molecular weight excluding hydrogens is 338 g/mol. The maximum atomic E-state index is 5.74. The van der Waals surface area contributed by atoms with Crippen molar-refractivity contribution >= 4 is 34.2 Å². The number of hydrogen-bond donors (Lipinski definition) is 0. The van der Waals surface area contributed by atoms with Crippen molar-refractivity contribution in [1.29, 1.82) is 0 Å². The lowest BCUT2D eigenvalue weighted by Crippen LogP contribution is -1.92. The first-order valence-corrected chi connectivity index (χ1v) is 6.04. The van der Waals surface area contributed by atoms with E-state index < -0.39 is 0 Å². The zero-order valence-electron chi connectivity index (χ0n) is 8.45. The van der Waals surface area contributed by atoms with E-state index >= 15 is 0 Å². The summed E-state index contributed by atoms with van der Waals surface area (Å²) < 4.78 is 6.71. The fourth-order valence-corrected chi connectivity index (χ4v) is 1.76. The van der Waals surface area contributed by atoms with Gasteiger partial charge in [0.05, 0.1) is 0 Å². The molecule has 0 atom stereocenters. The molecule has 1 aromatic carbocycles. The van der Waals surface area contributed by atoms with Gasteiger partial charge in [-0.25, -0.2) is 4.98 Å². The van der Waals surface area contributed by atoms with Crippen LogP contribution in [0.15, 0.2) is 30.3 Å². The molecule has 0 aliphatic heterocycles. The summed E-state index contributed by atoms with van der Waals surface area (Å²) in [4.78, 5) is 7.95. The Balaban J connectivity index is 2.23. The first-order chi connectivity index (χ1) is 7.63. The van der Waals surface area contributed by atoms with E-state index in [2.05, 4.69) is 32.6 Å². The minimum atomic E-state index is 0.195. The Bertz CT molecular complexity index is 482. The van der Waals surface area contributed by atoms with E-state index in [-0.39, 0.29) is 5.28 Å². The molecule has 0 amide bonds. The van der Waals surface area contributed by atoms with Crippen LogP contribution in [0.5, 0.6) is 11.6 Å². The lowest BCUT2D eigenvalue weighted by atomic mass is 10.3. The van der Waals surface area contributed by atoms with Gasteiger partial charge in [0.25, 0.3) is 0 Å². The maximum Gasteiger partial charge on any atom is 0.225 e. The average molecular weight is 347 g/mol. The van der Waals surface area contributed by atoms with E-state index in [4.69, 9.17) is 16.3 Å². The van der Waals surface area contributed by atoms with Crippen molar-refractivity contribution in [3.05, 3.63) is 44.9 Å². The van der Waals surface area contributed by atoms with Crippen molar-refractivity contribution in [2.45, 2.75) is 6.92 Å². The third-order valence-electron chi connectivity index (χ3n) is 1.84. The quantitative estimate of drug-likeness (QED) is 0.612. The number of nitrogens with zero attached hydrogens (tertiary/aromatic N) is 2. The summed E-state index contributed by atoms with van der Waals surface area (Å²) in [5, 5.41) is 0.195. The van der Waals surface area contributed by atoms with Gasteiger partial charge in [-0.05, 0) is 65.4 Å². The Morgan fingerprint density at radius 1 is 1.19 bits per heavy atom. The summed E-state index contributed by atoms with van der Waals surface area (Å²) in [6.07, 6.45) is 0. The van der Waals surface area contributed by atoms with Gasteiger partial charge in [-0.15, -0.1) is 0 Å². The van der Waals surface area contributed by atoms with Gasteiger partial charge in [0.1, 0.15) is 5.75 Å². The summed E-state index contributed by atoms with van der Waals surface area (Å²) >= 11 is 7.97. The molecule has 0 saturated carbocycles. The third-order valence-corrected chi connectivity index (χ3v) is 2.73. The highest BCUT2D eigenvalue weighted by atomic mass is 127. The number of ether oxygens (including phenoxy) is 1. The monoisotopic (exact) mass is 346 g/mol. The molecule has 0 bridgehead atoms. The van der Waals surface area contributed by atoms with Gasteiger partial charge in [-0.1, -0.05) is 0 Å². The number of halogens is 2. The average Bonchev–Trinajstić information content (AvgIpc) is 2.20. The van der Waals surface area contributed by atoms with E-state index in [1.54, 1.807) is 6.07 Å². The smallest absolute Gasteiger partial charge is 0.225 e. The number of aryl methyl sites for hydroxylation is 1. The molecular formula is C11H8ClIN2O. The summed E-state index contributed by atoms with van der Waals surface area (Å²) in [6.45, 7) is 1.84. The van der Waals surface area contributed by atoms with E-state index in [0.717, 1.165) is 15.0 Å². The van der Waals surface area contributed by atoms with E-state index in [1.807, 2.05) is 31.2 Å². The first-order valence-electron chi connectivity index (χ1n) is 4.58. The molecule has 5 heteroatoms. The van der Waals surface area contributed by atoms with Crippen LogP contribution in [0.1, 0.15) is 5.69 Å². The molecule has 82 valence electrons. The number of rotatable bonds is 2. The van der Waals surface area contributed by atoms with Gasteiger partial charge < -0.3 is 4.74 Å². The Kier molecular flexibility index (Phi) is 3.60. The predicted octanol–water partition coefficient (Wildman–Crippen LogP) is 3.84. The third kappa shape index (κ3) is 3.05. The van der Waals surface area contributed by atoms with Crippen LogP contribution >= 0.6 is 34.2 Å². The number of hydrogen-bond acceptors (Lipinski definition) is 3. The molecule has 1 heterocycles. The highest BCUT2D eigenvalue weighted by molar-refractivity contribution is 14.1. The van der Waals surface area contributed by atoms with Crippen LogP contribution in [0, 0.1) is 10.5 Å². The zero-order chi connectivity index (χ0) is 11.5. The highest BCUT2D eigenvalue weighted by Crippen LogP contribution is 2.21. The molecule has 1 aromatic heterocycles. The van der Waals surface area contributed by atoms with Crippen LogP contribution in [0.4, 0.5) is 0 Å². The van der Waals surface area contributed by atoms with Gasteiger partial charge >= 0.3 is 0 Å². The Labute approximate surface area is 112 Å². The Hall–Kier alpha value is -0.880. The Morgan fingerprint density at radius 2 is 1.88 bits per heavy atom. The van der Waals surface area contributed by atoms with Gasteiger partial charge in [0.15, 0.2) is 0 Å². The molecule has 0 radical (unpaired) electrons. The molecule has 0 aliphatic rings. The molecule has 0 N–H and O–H groups in total. The molecule has 0 saturated heterocycles. The molecule has 16 heavy (non-hydrogen) atoms. The zero-order valence-corrected chi connectivity index (χ0v) is 11.4. The number of aromatic nitrogens is 2. The molecule has 2 rings (SSSR count). The minimum absolute atomic E-state index is 0.195. The molecule has 2 aromatic rings. The summed E-state index contributed by atoms with van der Waals surface area (Å²) in [5.41, 5.74) is 0.778. The van der Waals surface area contributed by atoms with Crippen molar-refractivity contribution in [3.8, 4) is 11.6 Å². The van der Waals surface area contributed by atoms with Crippen molar-refractivity contribution < 1.29 is 4.74 Å². The lowest BCUT2D eigenvalue weighted by molar-refractivity contribution is 0.461. The summed E-state index contributed by atoms with van der Waals surface area (Å²) in [6, 6.07) is 9.43. The lowest BCUT2D eigenvalue weighted by Gasteiger charge is -2.05. The maximum absolute atomic E-state index is 5.74. The summed E-state index contributed by atoms with van der Waals surface area (Å²) in [7, 11) is 0.